The van der Waals surface area contributed by atoms with Gasteiger partial charge in [0.15, 0.2) is 0 Å². The number of pyridine rings is 1. The monoisotopic (exact) mass is 548 g/mol. The molecule has 0 saturated carbocycles. The van der Waals surface area contributed by atoms with Crippen LogP contribution >= 0.6 is 0 Å². The van der Waals surface area contributed by atoms with Crippen LogP contribution in [0.5, 0.6) is 17.2 Å². The van der Waals surface area contributed by atoms with E-state index in [1.54, 1.807) is 30.9 Å². The Labute approximate surface area is 227 Å². The fourth-order valence-electron chi connectivity index (χ4n) is 3.91. The van der Waals surface area contributed by atoms with Crippen LogP contribution in [0.2, 0.25) is 0 Å². The second-order valence-corrected chi connectivity index (χ2v) is 8.57. The lowest BCUT2D eigenvalue weighted by Gasteiger charge is -2.11. The molecule has 0 atom stereocenters. The molecule has 0 aliphatic carbocycles. The van der Waals surface area contributed by atoms with Crippen LogP contribution < -0.4 is 19.5 Å². The van der Waals surface area contributed by atoms with Crippen molar-refractivity contribution < 1.29 is 32.2 Å². The van der Waals surface area contributed by atoms with Crippen molar-refractivity contribution in [2.24, 2.45) is 0 Å². The average Bonchev–Trinajstić information content (AvgIpc) is 3.38. The Hall–Kier alpha value is -5.06. The number of nitrogens with one attached hydrogen (secondary N) is 1. The first-order valence-corrected chi connectivity index (χ1v) is 12.2. The molecule has 0 aliphatic rings. The molecule has 8 nitrogen and oxygen atoms in total. The molecule has 2 aromatic heterocycles. The molecule has 0 fully saturated rings. The summed E-state index contributed by atoms with van der Waals surface area (Å²) in [5, 5.41) is 2.89. The Morgan fingerprint density at radius 3 is 2.20 bits per heavy atom. The molecule has 2 heterocycles. The number of carbonyl (C=O) groups is 1. The van der Waals surface area contributed by atoms with Gasteiger partial charge >= 0.3 is 6.36 Å². The number of benzene rings is 3. The van der Waals surface area contributed by atoms with Crippen molar-refractivity contribution >= 4 is 16.9 Å². The van der Waals surface area contributed by atoms with E-state index in [2.05, 4.69) is 20.0 Å². The molecule has 0 saturated heterocycles. The summed E-state index contributed by atoms with van der Waals surface area (Å²) >= 11 is 0. The topological polar surface area (TPSA) is 87.5 Å². The average molecular weight is 549 g/mol. The third-order valence-electron chi connectivity index (χ3n) is 5.78. The van der Waals surface area contributed by atoms with Gasteiger partial charge in [0.2, 0.25) is 0 Å². The molecule has 11 heteroatoms. The minimum atomic E-state index is -4.74. The smallest absolute Gasteiger partial charge is 0.490 e. The van der Waals surface area contributed by atoms with Crippen LogP contribution in [-0.4, -0.2) is 40.0 Å². The third-order valence-corrected chi connectivity index (χ3v) is 5.78. The van der Waals surface area contributed by atoms with Crippen LogP contribution in [0.4, 0.5) is 13.2 Å². The van der Waals surface area contributed by atoms with Gasteiger partial charge in [-0.25, -0.2) is 4.98 Å². The first-order valence-electron chi connectivity index (χ1n) is 12.2. The maximum Gasteiger partial charge on any atom is 0.573 e. The Bertz CT molecular complexity index is 1570. The fraction of sp³-hybridized carbons (Fsp3) is 0.138. The number of carbonyl (C=O) groups excluding carboxylic acids is 1. The van der Waals surface area contributed by atoms with Crippen molar-refractivity contribution in [3.05, 3.63) is 109 Å². The Morgan fingerprint density at radius 1 is 0.875 bits per heavy atom. The Morgan fingerprint density at radius 2 is 1.55 bits per heavy atom. The third kappa shape index (κ3) is 6.87. The van der Waals surface area contributed by atoms with Gasteiger partial charge in [0.1, 0.15) is 36.8 Å². The number of rotatable bonds is 10. The highest BCUT2D eigenvalue weighted by Crippen LogP contribution is 2.25. The van der Waals surface area contributed by atoms with Crippen LogP contribution in [-0.2, 0) is 6.54 Å². The van der Waals surface area contributed by atoms with Crippen molar-refractivity contribution in [1.29, 1.82) is 0 Å². The van der Waals surface area contributed by atoms with Crippen LogP contribution in [0.25, 0.3) is 16.7 Å². The van der Waals surface area contributed by atoms with E-state index in [1.807, 2.05) is 47.0 Å². The van der Waals surface area contributed by atoms with Crippen LogP contribution in [0.3, 0.4) is 0 Å². The molecule has 204 valence electrons. The number of aromatic nitrogens is 3. The maximum absolute atomic E-state index is 12.6. The van der Waals surface area contributed by atoms with Crippen LogP contribution in [0.15, 0.2) is 97.6 Å². The zero-order valence-electron chi connectivity index (χ0n) is 21.0. The zero-order valence-corrected chi connectivity index (χ0v) is 21.0. The number of amides is 1. The first-order chi connectivity index (χ1) is 19.3. The molecular formula is C29H23F3N4O4. The summed E-state index contributed by atoms with van der Waals surface area (Å²) in [6.07, 6.45) is 0.342. The van der Waals surface area contributed by atoms with E-state index in [0.29, 0.717) is 29.1 Å². The number of nitrogens with zero attached hydrogens (tertiary/aromatic N) is 3. The zero-order chi connectivity index (χ0) is 28.0. The second-order valence-electron chi connectivity index (χ2n) is 8.57. The van der Waals surface area contributed by atoms with Gasteiger partial charge < -0.3 is 19.5 Å². The molecule has 0 bridgehead atoms. The minimum absolute atomic E-state index is 0.196. The summed E-state index contributed by atoms with van der Waals surface area (Å²) in [7, 11) is 0. The van der Waals surface area contributed by atoms with E-state index >= 15 is 0 Å². The van der Waals surface area contributed by atoms with Gasteiger partial charge in [0.25, 0.3) is 5.91 Å². The standard InChI is InChI=1S/C29H23F3N4O4/c30-29(31,32)40-25-10-8-24(9-11-25)39-15-14-38-23-6-4-22(5-7-23)36-19-35-26-16-21(3-12-27(26)36)28(37)34-18-20-2-1-13-33-17-20/h1-13,16-17,19H,14-15,18H2,(H,34,37). The van der Waals surface area contributed by atoms with Gasteiger partial charge in [0, 0.05) is 30.2 Å². The van der Waals surface area contributed by atoms with Gasteiger partial charge in [-0.3, -0.25) is 14.3 Å². The summed E-state index contributed by atoms with van der Waals surface area (Å²) in [6, 6.07) is 21.6. The summed E-state index contributed by atoms with van der Waals surface area (Å²) in [5.74, 6) is 0.510. The molecule has 0 radical (unpaired) electrons. The van der Waals surface area contributed by atoms with Gasteiger partial charge in [0.05, 0.1) is 11.0 Å². The molecular weight excluding hydrogens is 525 g/mol. The number of imidazole rings is 1. The summed E-state index contributed by atoms with van der Waals surface area (Å²) in [5.41, 5.74) is 3.82. The first kappa shape index (κ1) is 26.5. The number of halogens is 3. The molecule has 5 aromatic rings. The molecule has 1 N–H and O–H groups in total. The highest BCUT2D eigenvalue weighted by Gasteiger charge is 2.31. The van der Waals surface area contributed by atoms with E-state index in [1.165, 1.54) is 24.3 Å². The number of hydrogen-bond acceptors (Lipinski definition) is 6. The minimum Gasteiger partial charge on any atom is -0.490 e. The molecule has 1 amide bonds. The number of alkyl halides is 3. The van der Waals surface area contributed by atoms with E-state index in [-0.39, 0.29) is 24.9 Å². The van der Waals surface area contributed by atoms with Crippen molar-refractivity contribution in [3.8, 4) is 22.9 Å². The fourth-order valence-corrected chi connectivity index (χ4v) is 3.91. The Balaban J connectivity index is 1.13. The highest BCUT2D eigenvalue weighted by atomic mass is 19.4. The lowest BCUT2D eigenvalue weighted by atomic mass is 10.1. The Kier molecular flexibility index (Phi) is 7.81. The molecule has 0 spiro atoms. The second kappa shape index (κ2) is 11.8. The van der Waals surface area contributed by atoms with Crippen molar-refractivity contribution in [3.63, 3.8) is 0 Å². The van der Waals surface area contributed by atoms with Gasteiger partial charge in [-0.05, 0) is 78.4 Å². The lowest BCUT2D eigenvalue weighted by Crippen LogP contribution is -2.22. The van der Waals surface area contributed by atoms with E-state index in [0.717, 1.165) is 16.8 Å². The van der Waals surface area contributed by atoms with Crippen molar-refractivity contribution in [1.82, 2.24) is 19.9 Å². The summed E-state index contributed by atoms with van der Waals surface area (Å²) in [6.45, 7) is 0.818. The molecule has 0 aliphatic heterocycles. The SMILES string of the molecule is O=C(NCc1cccnc1)c1ccc2c(c1)ncn2-c1ccc(OCCOc2ccc(OC(F)(F)F)cc2)cc1. The van der Waals surface area contributed by atoms with Crippen LogP contribution in [0, 0.1) is 0 Å². The summed E-state index contributed by atoms with van der Waals surface area (Å²) < 4.78 is 53.7. The molecule has 5 rings (SSSR count). The van der Waals surface area contributed by atoms with E-state index in [9.17, 15) is 18.0 Å². The van der Waals surface area contributed by atoms with E-state index in [4.69, 9.17) is 9.47 Å². The lowest BCUT2D eigenvalue weighted by molar-refractivity contribution is -0.274. The summed E-state index contributed by atoms with van der Waals surface area (Å²) in [4.78, 5) is 21.1. The van der Waals surface area contributed by atoms with Crippen molar-refractivity contribution in [2.75, 3.05) is 13.2 Å². The van der Waals surface area contributed by atoms with Crippen molar-refractivity contribution in [2.45, 2.75) is 12.9 Å². The quantitative estimate of drug-likeness (QED) is 0.225. The van der Waals surface area contributed by atoms with Gasteiger partial charge in [-0.15, -0.1) is 13.2 Å². The maximum atomic E-state index is 12.6. The number of fused-ring (bicyclic) bond motifs is 1. The number of ether oxygens (including phenoxy) is 3. The predicted octanol–water partition coefficient (Wildman–Crippen LogP) is 5.71. The largest absolute Gasteiger partial charge is 0.573 e. The normalized spacial score (nSPS) is 11.3. The van der Waals surface area contributed by atoms with E-state index < -0.39 is 6.36 Å². The van der Waals surface area contributed by atoms with Gasteiger partial charge in [-0.2, -0.15) is 0 Å². The van der Waals surface area contributed by atoms with Gasteiger partial charge in [-0.1, -0.05) is 6.07 Å². The number of hydrogen-bond donors (Lipinski definition) is 1. The van der Waals surface area contributed by atoms with Crippen LogP contribution in [0.1, 0.15) is 15.9 Å². The molecule has 40 heavy (non-hydrogen) atoms. The molecule has 3 aromatic carbocycles. The highest BCUT2D eigenvalue weighted by molar-refractivity contribution is 5.97. The molecule has 0 unspecified atom stereocenters. The predicted molar refractivity (Wildman–Crippen MR) is 141 cm³/mol.